The zero-order valence-electron chi connectivity index (χ0n) is 15.4. The number of aromatic nitrogens is 1. The van der Waals surface area contributed by atoms with Crippen molar-refractivity contribution >= 4 is 48.3 Å². The molecule has 4 aromatic rings. The lowest BCUT2D eigenvalue weighted by molar-refractivity contribution is 0.102. The van der Waals surface area contributed by atoms with Gasteiger partial charge in [0, 0.05) is 11.3 Å². The molecule has 0 spiro atoms. The molecule has 0 aliphatic rings. The summed E-state index contributed by atoms with van der Waals surface area (Å²) < 4.78 is 28.6. The molecule has 146 valence electrons. The number of fused-ring (bicyclic) bond motifs is 1. The van der Waals surface area contributed by atoms with Gasteiger partial charge in [-0.3, -0.25) is 14.8 Å². The third-order valence-electron chi connectivity index (χ3n) is 4.22. The summed E-state index contributed by atoms with van der Waals surface area (Å²) in [5.74, 6) is -0.361. The molecule has 0 saturated carbocycles. The number of carbonyl (C=O) groups excluding carboxylic acids is 1. The van der Waals surface area contributed by atoms with E-state index in [4.69, 9.17) is 0 Å². The van der Waals surface area contributed by atoms with E-state index in [0.717, 1.165) is 15.8 Å². The lowest BCUT2D eigenvalue weighted by Gasteiger charge is -2.10. The van der Waals surface area contributed by atoms with Crippen LogP contribution in [-0.2, 0) is 10.0 Å². The number of para-hydroxylation sites is 1. The normalized spacial score (nSPS) is 11.3. The summed E-state index contributed by atoms with van der Waals surface area (Å²) in [7, 11) is -3.74. The molecule has 0 saturated heterocycles. The highest BCUT2D eigenvalue weighted by molar-refractivity contribution is 7.92. The van der Waals surface area contributed by atoms with Gasteiger partial charge in [-0.05, 0) is 49.4 Å². The van der Waals surface area contributed by atoms with E-state index in [1.807, 2.05) is 31.2 Å². The maximum atomic E-state index is 12.6. The van der Waals surface area contributed by atoms with Gasteiger partial charge in [-0.15, -0.1) is 0 Å². The fourth-order valence-electron chi connectivity index (χ4n) is 2.75. The minimum absolute atomic E-state index is 0.160. The van der Waals surface area contributed by atoms with Crippen molar-refractivity contribution in [2.75, 3.05) is 10.0 Å². The Kier molecular flexibility index (Phi) is 5.04. The molecular formula is C21H17N3O3S2. The quantitative estimate of drug-likeness (QED) is 0.489. The van der Waals surface area contributed by atoms with Gasteiger partial charge in [0.2, 0.25) is 0 Å². The van der Waals surface area contributed by atoms with Crippen LogP contribution in [0.4, 0.5) is 10.8 Å². The number of thiazole rings is 1. The number of aryl methyl sites for hydroxylation is 1. The summed E-state index contributed by atoms with van der Waals surface area (Å²) in [6.45, 7) is 1.89. The Hall–Kier alpha value is -3.23. The summed E-state index contributed by atoms with van der Waals surface area (Å²) in [6, 6.07) is 20.5. The third-order valence-corrected chi connectivity index (χ3v) is 6.57. The number of sulfonamides is 1. The Balaban J connectivity index is 1.53. The zero-order valence-corrected chi connectivity index (χ0v) is 17.0. The van der Waals surface area contributed by atoms with E-state index in [1.165, 1.54) is 17.4 Å². The van der Waals surface area contributed by atoms with Crippen molar-refractivity contribution in [3.05, 3.63) is 83.9 Å². The number of nitrogens with zero attached hydrogens (tertiary/aromatic N) is 1. The molecule has 4 rings (SSSR count). The van der Waals surface area contributed by atoms with Crippen LogP contribution in [0.15, 0.2) is 77.7 Å². The lowest BCUT2D eigenvalue weighted by atomic mass is 10.2. The van der Waals surface area contributed by atoms with Crippen molar-refractivity contribution in [2.24, 2.45) is 0 Å². The van der Waals surface area contributed by atoms with Crippen LogP contribution in [0.3, 0.4) is 0 Å². The van der Waals surface area contributed by atoms with Crippen LogP contribution < -0.4 is 10.0 Å². The number of carbonyl (C=O) groups is 1. The van der Waals surface area contributed by atoms with Gasteiger partial charge in [0.05, 0.1) is 15.1 Å². The van der Waals surface area contributed by atoms with Crippen LogP contribution in [0.1, 0.15) is 15.9 Å². The summed E-state index contributed by atoms with van der Waals surface area (Å²) in [6.07, 6.45) is 0. The average Bonchev–Trinajstić information content (AvgIpc) is 3.10. The largest absolute Gasteiger partial charge is 0.298 e. The second-order valence-corrected chi connectivity index (χ2v) is 9.15. The first-order valence-corrected chi connectivity index (χ1v) is 11.1. The van der Waals surface area contributed by atoms with E-state index in [0.29, 0.717) is 16.4 Å². The highest BCUT2D eigenvalue weighted by Crippen LogP contribution is 2.26. The molecule has 0 unspecified atom stereocenters. The number of amides is 1. The molecule has 1 aromatic heterocycles. The molecule has 6 nitrogen and oxygen atoms in total. The van der Waals surface area contributed by atoms with Crippen molar-refractivity contribution in [1.29, 1.82) is 0 Å². The molecule has 29 heavy (non-hydrogen) atoms. The highest BCUT2D eigenvalue weighted by Gasteiger charge is 2.15. The Morgan fingerprint density at radius 2 is 1.72 bits per heavy atom. The van der Waals surface area contributed by atoms with Crippen LogP contribution in [0.5, 0.6) is 0 Å². The zero-order chi connectivity index (χ0) is 20.4. The van der Waals surface area contributed by atoms with Crippen LogP contribution >= 0.6 is 11.3 Å². The maximum Gasteiger partial charge on any atom is 0.261 e. The molecule has 8 heteroatoms. The fraction of sp³-hybridized carbons (Fsp3) is 0.0476. The maximum absolute atomic E-state index is 12.6. The minimum atomic E-state index is -3.74. The average molecular weight is 424 g/mol. The fourth-order valence-corrected chi connectivity index (χ4v) is 4.66. The summed E-state index contributed by atoms with van der Waals surface area (Å²) in [4.78, 5) is 17.1. The lowest BCUT2D eigenvalue weighted by Crippen LogP contribution is -2.15. The first-order valence-electron chi connectivity index (χ1n) is 8.77. The second kappa shape index (κ2) is 7.65. The predicted molar refractivity (Wildman–Crippen MR) is 116 cm³/mol. The Bertz CT molecular complexity index is 1260. The topological polar surface area (TPSA) is 88.2 Å². The summed E-state index contributed by atoms with van der Waals surface area (Å²) >= 11 is 1.38. The molecule has 0 aliphatic carbocycles. The minimum Gasteiger partial charge on any atom is -0.298 e. The molecule has 0 radical (unpaired) electrons. The molecule has 0 fully saturated rings. The summed E-state index contributed by atoms with van der Waals surface area (Å²) in [5, 5.41) is 3.25. The summed E-state index contributed by atoms with van der Waals surface area (Å²) in [5.41, 5.74) is 2.42. The number of anilines is 2. The van der Waals surface area contributed by atoms with E-state index in [-0.39, 0.29) is 10.8 Å². The second-order valence-electron chi connectivity index (χ2n) is 6.44. The van der Waals surface area contributed by atoms with Crippen molar-refractivity contribution in [2.45, 2.75) is 11.8 Å². The number of nitrogens with one attached hydrogen (secondary N) is 2. The number of rotatable bonds is 5. The van der Waals surface area contributed by atoms with Gasteiger partial charge >= 0.3 is 0 Å². The van der Waals surface area contributed by atoms with Crippen molar-refractivity contribution in [1.82, 2.24) is 4.98 Å². The molecule has 1 heterocycles. The van der Waals surface area contributed by atoms with Gasteiger partial charge < -0.3 is 0 Å². The van der Waals surface area contributed by atoms with Gasteiger partial charge in [0.15, 0.2) is 5.13 Å². The number of hydrogen-bond donors (Lipinski definition) is 2. The first kappa shape index (κ1) is 19.1. The van der Waals surface area contributed by atoms with Gasteiger partial charge in [0.1, 0.15) is 0 Å². The van der Waals surface area contributed by atoms with E-state index in [2.05, 4.69) is 15.0 Å². The Morgan fingerprint density at radius 3 is 2.48 bits per heavy atom. The van der Waals surface area contributed by atoms with Crippen molar-refractivity contribution in [3.63, 3.8) is 0 Å². The molecule has 2 N–H and O–H groups in total. The van der Waals surface area contributed by atoms with E-state index in [1.54, 1.807) is 42.5 Å². The third kappa shape index (κ3) is 4.28. The Labute approximate surface area is 172 Å². The van der Waals surface area contributed by atoms with Crippen molar-refractivity contribution < 1.29 is 13.2 Å². The van der Waals surface area contributed by atoms with E-state index < -0.39 is 10.0 Å². The Morgan fingerprint density at radius 1 is 0.966 bits per heavy atom. The number of benzene rings is 3. The van der Waals surface area contributed by atoms with Gasteiger partial charge in [-0.1, -0.05) is 47.2 Å². The molecule has 0 aliphatic heterocycles. The van der Waals surface area contributed by atoms with Crippen LogP contribution in [-0.4, -0.2) is 19.3 Å². The van der Waals surface area contributed by atoms with E-state index >= 15 is 0 Å². The molecule has 3 aromatic carbocycles. The van der Waals surface area contributed by atoms with Gasteiger partial charge in [-0.25, -0.2) is 13.4 Å². The van der Waals surface area contributed by atoms with Gasteiger partial charge in [0.25, 0.3) is 15.9 Å². The standard InChI is InChI=1S/C21H17N3O3S2/c1-14-9-11-17(12-10-14)29(26,27)24-16-6-4-5-15(13-16)20(25)23-21-22-18-7-2-3-8-19(18)28-21/h2-13,24H,1H3,(H,22,23,25). The molecule has 0 atom stereocenters. The van der Waals surface area contributed by atoms with Gasteiger partial charge in [-0.2, -0.15) is 0 Å². The molecule has 1 amide bonds. The highest BCUT2D eigenvalue weighted by atomic mass is 32.2. The van der Waals surface area contributed by atoms with E-state index in [9.17, 15) is 13.2 Å². The predicted octanol–water partition coefficient (Wildman–Crippen LogP) is 4.66. The molecule has 0 bridgehead atoms. The van der Waals surface area contributed by atoms with Crippen molar-refractivity contribution in [3.8, 4) is 0 Å². The molecular weight excluding hydrogens is 406 g/mol. The van der Waals surface area contributed by atoms with Crippen LogP contribution in [0.2, 0.25) is 0 Å². The first-order chi connectivity index (χ1) is 13.9. The van der Waals surface area contributed by atoms with Crippen LogP contribution in [0.25, 0.3) is 10.2 Å². The number of hydrogen-bond acceptors (Lipinski definition) is 5. The van der Waals surface area contributed by atoms with Crippen LogP contribution in [0, 0.1) is 6.92 Å². The SMILES string of the molecule is Cc1ccc(S(=O)(=O)Nc2cccc(C(=O)Nc3nc4ccccc4s3)c2)cc1. The monoisotopic (exact) mass is 423 g/mol. The smallest absolute Gasteiger partial charge is 0.261 e.